The summed E-state index contributed by atoms with van der Waals surface area (Å²) in [4.78, 5) is 26.7. The van der Waals surface area contributed by atoms with Gasteiger partial charge in [0.15, 0.2) is 0 Å². The summed E-state index contributed by atoms with van der Waals surface area (Å²) >= 11 is 7.88. The third-order valence-electron chi connectivity index (χ3n) is 5.07. The predicted molar refractivity (Wildman–Crippen MR) is 142 cm³/mol. The fraction of sp³-hybridized carbons (Fsp3) is 0.154. The highest BCUT2D eigenvalue weighted by atomic mass is 79.9. The maximum absolute atomic E-state index is 13.4. The van der Waals surface area contributed by atoms with Crippen LogP contribution in [0.1, 0.15) is 16.7 Å². The van der Waals surface area contributed by atoms with Crippen LogP contribution >= 0.6 is 43.6 Å². The van der Waals surface area contributed by atoms with Gasteiger partial charge in [-0.25, -0.2) is 4.39 Å². The van der Waals surface area contributed by atoms with Gasteiger partial charge in [-0.05, 0) is 104 Å². The number of nitrogens with zero attached hydrogens (tertiary/aromatic N) is 1. The summed E-state index contributed by atoms with van der Waals surface area (Å²) in [5.41, 5.74) is 2.54. The number of rotatable bonds is 8. The molecule has 2 amide bonds. The first-order valence-electron chi connectivity index (χ1n) is 10.6. The Morgan fingerprint density at radius 1 is 1.00 bits per heavy atom. The second-order valence-electron chi connectivity index (χ2n) is 7.73. The second-order valence-corrected chi connectivity index (χ2v) is 10.4. The predicted octanol–water partition coefficient (Wildman–Crippen LogP) is 7.35. The van der Waals surface area contributed by atoms with Gasteiger partial charge in [0.1, 0.15) is 30.5 Å². The molecular weight excluding hydrogens is 601 g/mol. The van der Waals surface area contributed by atoms with Gasteiger partial charge in [0, 0.05) is 0 Å². The van der Waals surface area contributed by atoms with Crippen molar-refractivity contribution < 1.29 is 23.5 Å². The minimum absolute atomic E-state index is 0.163. The molecule has 0 bridgehead atoms. The Morgan fingerprint density at radius 2 is 1.71 bits per heavy atom. The standard InChI is InChI=1S/C26H20Br2FNO4S/c1-16-5-7-20(8-6-16)33-10-9-30-25(31)23(35-26(30)32)14-18-12-21(27)24(22(28)13-18)34-15-17-3-2-4-19(29)11-17/h2-8,11-14H,9-10,15H2,1H3/b23-14-. The van der Waals surface area contributed by atoms with Crippen LogP contribution in [0.15, 0.2) is 74.5 Å². The minimum atomic E-state index is -0.355. The van der Waals surface area contributed by atoms with Crippen LogP contribution in [0.4, 0.5) is 9.18 Å². The zero-order valence-electron chi connectivity index (χ0n) is 18.6. The molecule has 1 aliphatic heterocycles. The number of amides is 2. The van der Waals surface area contributed by atoms with E-state index >= 15 is 0 Å². The summed E-state index contributed by atoms with van der Waals surface area (Å²) in [6.07, 6.45) is 1.66. The van der Waals surface area contributed by atoms with Crippen LogP contribution in [0.25, 0.3) is 6.08 Å². The molecule has 0 atom stereocenters. The van der Waals surface area contributed by atoms with Crippen LogP contribution in [0.5, 0.6) is 11.5 Å². The van der Waals surface area contributed by atoms with Crippen molar-refractivity contribution in [1.29, 1.82) is 0 Å². The lowest BCUT2D eigenvalue weighted by molar-refractivity contribution is -0.123. The van der Waals surface area contributed by atoms with Gasteiger partial charge >= 0.3 is 0 Å². The molecule has 3 aromatic carbocycles. The fourth-order valence-corrected chi connectivity index (χ4v) is 5.63. The smallest absolute Gasteiger partial charge is 0.293 e. The maximum Gasteiger partial charge on any atom is 0.293 e. The molecule has 180 valence electrons. The third-order valence-corrected chi connectivity index (χ3v) is 7.15. The van der Waals surface area contributed by atoms with Gasteiger partial charge < -0.3 is 9.47 Å². The molecule has 5 nitrogen and oxygen atoms in total. The Bertz CT molecular complexity index is 1270. The monoisotopic (exact) mass is 619 g/mol. The van der Waals surface area contributed by atoms with Crippen LogP contribution < -0.4 is 9.47 Å². The fourth-order valence-electron chi connectivity index (χ4n) is 3.32. The van der Waals surface area contributed by atoms with E-state index in [0.29, 0.717) is 36.5 Å². The van der Waals surface area contributed by atoms with Gasteiger partial charge in [-0.2, -0.15) is 0 Å². The van der Waals surface area contributed by atoms with E-state index in [4.69, 9.17) is 9.47 Å². The van der Waals surface area contributed by atoms with Gasteiger partial charge in [0.25, 0.3) is 11.1 Å². The van der Waals surface area contributed by atoms with E-state index in [-0.39, 0.29) is 36.7 Å². The molecule has 0 spiro atoms. The summed E-state index contributed by atoms with van der Waals surface area (Å²) in [6, 6.07) is 17.4. The first kappa shape index (κ1) is 25.5. The summed E-state index contributed by atoms with van der Waals surface area (Å²) in [5, 5.41) is -0.332. The highest BCUT2D eigenvalue weighted by Gasteiger charge is 2.34. The summed E-state index contributed by atoms with van der Waals surface area (Å²) in [7, 11) is 0. The van der Waals surface area contributed by atoms with Crippen molar-refractivity contribution >= 4 is 60.8 Å². The van der Waals surface area contributed by atoms with Crippen molar-refractivity contribution in [1.82, 2.24) is 4.90 Å². The third kappa shape index (κ3) is 6.54. The largest absolute Gasteiger partial charge is 0.492 e. The van der Waals surface area contributed by atoms with Crippen LogP contribution in [-0.2, 0) is 11.4 Å². The molecule has 1 fully saturated rings. The van der Waals surface area contributed by atoms with E-state index in [1.54, 1.807) is 30.3 Å². The number of halogens is 3. The van der Waals surface area contributed by atoms with Gasteiger partial charge in [0.05, 0.1) is 20.4 Å². The Hall–Kier alpha value is -2.62. The number of ether oxygens (including phenoxy) is 2. The lowest BCUT2D eigenvalue weighted by atomic mass is 10.2. The number of hydrogen-bond acceptors (Lipinski definition) is 5. The topological polar surface area (TPSA) is 55.8 Å². The normalized spacial score (nSPS) is 14.6. The summed E-state index contributed by atoms with van der Waals surface area (Å²) in [6.45, 7) is 2.55. The molecule has 9 heteroatoms. The van der Waals surface area contributed by atoms with Gasteiger partial charge in [-0.3, -0.25) is 14.5 Å². The highest BCUT2D eigenvalue weighted by molar-refractivity contribution is 9.11. The number of thioether (sulfide) groups is 1. The van der Waals surface area contributed by atoms with E-state index in [0.717, 1.165) is 17.3 Å². The van der Waals surface area contributed by atoms with Gasteiger partial charge in [-0.1, -0.05) is 29.8 Å². The molecular formula is C26H20Br2FNO4S. The number of benzene rings is 3. The molecule has 4 rings (SSSR count). The van der Waals surface area contributed by atoms with Crippen LogP contribution in [0.3, 0.4) is 0 Å². The molecule has 1 saturated heterocycles. The molecule has 35 heavy (non-hydrogen) atoms. The van der Waals surface area contributed by atoms with Crippen molar-refractivity contribution in [2.75, 3.05) is 13.2 Å². The summed E-state index contributed by atoms with van der Waals surface area (Å²) < 4.78 is 26.2. The molecule has 3 aromatic rings. The SMILES string of the molecule is Cc1ccc(OCCN2C(=O)S/C(=C\c3cc(Br)c(OCc4cccc(F)c4)c(Br)c3)C2=O)cc1. The van der Waals surface area contributed by atoms with E-state index in [2.05, 4.69) is 31.9 Å². The van der Waals surface area contributed by atoms with E-state index in [1.165, 1.54) is 17.0 Å². The van der Waals surface area contributed by atoms with E-state index in [9.17, 15) is 14.0 Å². The first-order valence-corrected chi connectivity index (χ1v) is 13.0. The Labute approximate surface area is 223 Å². The van der Waals surface area contributed by atoms with Crippen molar-refractivity contribution in [3.05, 3.63) is 97.0 Å². The Kier molecular flexibility index (Phi) is 8.30. The van der Waals surface area contributed by atoms with Crippen molar-refractivity contribution in [2.45, 2.75) is 13.5 Å². The lowest BCUT2D eigenvalue weighted by Crippen LogP contribution is -2.32. The van der Waals surface area contributed by atoms with Crippen molar-refractivity contribution in [2.24, 2.45) is 0 Å². The Balaban J connectivity index is 1.40. The average Bonchev–Trinajstić information content (AvgIpc) is 3.07. The number of hydrogen-bond donors (Lipinski definition) is 0. The van der Waals surface area contributed by atoms with Crippen LogP contribution in [0.2, 0.25) is 0 Å². The zero-order valence-corrected chi connectivity index (χ0v) is 22.6. The summed E-state index contributed by atoms with van der Waals surface area (Å²) in [5.74, 6) is 0.557. The van der Waals surface area contributed by atoms with E-state index in [1.807, 2.05) is 31.2 Å². The molecule has 0 saturated carbocycles. The second kappa shape index (κ2) is 11.4. The van der Waals surface area contributed by atoms with Crippen molar-refractivity contribution in [3.63, 3.8) is 0 Å². The highest BCUT2D eigenvalue weighted by Crippen LogP contribution is 2.38. The number of aryl methyl sites for hydroxylation is 1. The van der Waals surface area contributed by atoms with Crippen LogP contribution in [0, 0.1) is 12.7 Å². The minimum Gasteiger partial charge on any atom is -0.492 e. The lowest BCUT2D eigenvalue weighted by Gasteiger charge is -2.13. The first-order chi connectivity index (χ1) is 16.8. The molecule has 1 heterocycles. The maximum atomic E-state index is 13.4. The average molecular weight is 621 g/mol. The molecule has 0 aromatic heterocycles. The number of carbonyl (C=O) groups is 2. The van der Waals surface area contributed by atoms with Gasteiger partial charge in [0.2, 0.25) is 0 Å². The molecule has 0 radical (unpaired) electrons. The quantitative estimate of drug-likeness (QED) is 0.246. The van der Waals surface area contributed by atoms with Gasteiger partial charge in [-0.15, -0.1) is 0 Å². The van der Waals surface area contributed by atoms with Crippen LogP contribution in [-0.4, -0.2) is 29.2 Å². The van der Waals surface area contributed by atoms with E-state index < -0.39 is 0 Å². The zero-order chi connectivity index (χ0) is 24.9. The van der Waals surface area contributed by atoms with Crippen molar-refractivity contribution in [3.8, 4) is 11.5 Å². The molecule has 0 aliphatic carbocycles. The number of imide groups is 1. The Morgan fingerprint density at radius 3 is 2.40 bits per heavy atom. The molecule has 0 N–H and O–H groups in total. The molecule has 1 aliphatic rings. The number of carbonyl (C=O) groups excluding carboxylic acids is 2. The molecule has 0 unspecified atom stereocenters.